The van der Waals surface area contributed by atoms with E-state index in [1.807, 2.05) is 0 Å². The summed E-state index contributed by atoms with van der Waals surface area (Å²) in [5.41, 5.74) is 0. The maximum absolute atomic E-state index is 10.9. The Labute approximate surface area is 98.0 Å². The molecule has 1 heterocycles. The van der Waals surface area contributed by atoms with Crippen LogP contribution in [0.15, 0.2) is 9.98 Å². The summed E-state index contributed by atoms with van der Waals surface area (Å²) in [5.74, 6) is 0. The van der Waals surface area contributed by atoms with Crippen molar-refractivity contribution in [2.75, 3.05) is 0 Å². The van der Waals surface area contributed by atoms with Crippen molar-refractivity contribution < 1.29 is 4.79 Å². The zero-order valence-corrected chi connectivity index (χ0v) is 9.34. The van der Waals surface area contributed by atoms with Crippen LogP contribution in [0.4, 0.5) is 4.79 Å². The van der Waals surface area contributed by atoms with Gasteiger partial charge in [-0.3, -0.25) is 0 Å². The fourth-order valence-electron chi connectivity index (χ4n) is 1.03. The molecular formula is C7Cl4N2O. The Morgan fingerprint density at radius 2 is 1.07 bits per heavy atom. The van der Waals surface area contributed by atoms with Gasteiger partial charge in [-0.2, -0.15) is 9.98 Å². The molecule has 0 N–H and O–H groups in total. The molecule has 0 atom stereocenters. The fourth-order valence-corrected chi connectivity index (χ4v) is 1.95. The van der Waals surface area contributed by atoms with Gasteiger partial charge >= 0.3 is 6.03 Å². The Bertz CT molecular complexity index is 517. The molecule has 0 radical (unpaired) electrons. The molecule has 0 fully saturated rings. The number of rotatable bonds is 0. The van der Waals surface area contributed by atoms with Gasteiger partial charge in [-0.25, -0.2) is 4.79 Å². The first-order chi connectivity index (χ1) is 6.52. The van der Waals surface area contributed by atoms with Crippen molar-refractivity contribution in [2.45, 2.75) is 0 Å². The largest absolute Gasteiger partial charge is 0.368 e. The Morgan fingerprint density at radius 3 is 1.43 bits per heavy atom. The predicted octanol–water partition coefficient (Wildman–Crippen LogP) is 2.67. The maximum atomic E-state index is 10.9. The molecule has 14 heavy (non-hydrogen) atoms. The highest BCUT2D eigenvalue weighted by Crippen LogP contribution is 2.31. The van der Waals surface area contributed by atoms with Crippen LogP contribution >= 0.6 is 46.4 Å². The van der Waals surface area contributed by atoms with Gasteiger partial charge in [-0.15, -0.1) is 0 Å². The molecule has 0 saturated carbocycles. The van der Waals surface area contributed by atoms with Crippen molar-refractivity contribution in [1.29, 1.82) is 0 Å². The quantitative estimate of drug-likeness (QED) is 0.527. The normalized spacial score (nSPS) is 13.6. The molecule has 2 amide bonds. The van der Waals surface area contributed by atoms with Crippen molar-refractivity contribution in [3.63, 3.8) is 0 Å². The van der Waals surface area contributed by atoms with Crippen LogP contribution in [0.5, 0.6) is 0 Å². The summed E-state index contributed by atoms with van der Waals surface area (Å²) in [6.45, 7) is 0. The molecule has 1 aliphatic rings. The third-order valence-electron chi connectivity index (χ3n) is 1.63. The lowest BCUT2D eigenvalue weighted by molar-refractivity contribution is 0.256. The molecule has 0 aliphatic carbocycles. The Balaban J connectivity index is 3.07. The number of carbonyl (C=O) groups excluding carboxylic acids is 1. The fraction of sp³-hybridized carbons (Fsp3) is 0. The highest BCUT2D eigenvalue weighted by molar-refractivity contribution is 6.51. The monoisotopic (exact) mass is 268 g/mol. The van der Waals surface area contributed by atoms with E-state index < -0.39 is 6.03 Å². The molecule has 3 nitrogen and oxygen atoms in total. The molecule has 7 heteroatoms. The molecule has 0 saturated heterocycles. The smallest absolute Gasteiger partial charge is 0.244 e. The highest BCUT2D eigenvalue weighted by Gasteiger charge is 2.18. The van der Waals surface area contributed by atoms with E-state index in [4.69, 9.17) is 46.4 Å². The number of nitrogens with zero attached hydrogens (tertiary/aromatic N) is 2. The molecule has 0 spiro atoms. The molecule has 2 rings (SSSR count). The summed E-state index contributed by atoms with van der Waals surface area (Å²) in [5, 5.41) is 0.680. The molecule has 0 aromatic heterocycles. The van der Waals surface area contributed by atoms with Gasteiger partial charge in [-0.1, -0.05) is 46.4 Å². The van der Waals surface area contributed by atoms with Gasteiger partial charge in [-0.05, 0) is 0 Å². The maximum Gasteiger partial charge on any atom is 0.368 e. The second kappa shape index (κ2) is 3.35. The lowest BCUT2D eigenvalue weighted by atomic mass is 10.3. The number of carbonyl (C=O) groups is 1. The summed E-state index contributed by atoms with van der Waals surface area (Å²) >= 11 is 23.1. The van der Waals surface area contributed by atoms with E-state index in [2.05, 4.69) is 9.98 Å². The average molecular weight is 270 g/mol. The van der Waals surface area contributed by atoms with E-state index in [9.17, 15) is 4.79 Å². The average Bonchev–Trinajstić information content (AvgIpc) is 2.54. The van der Waals surface area contributed by atoms with Crippen molar-refractivity contribution >= 4 is 52.4 Å². The first kappa shape index (κ1) is 10.2. The zero-order chi connectivity index (χ0) is 10.5. The number of amides is 2. The number of hydrogen-bond acceptors (Lipinski definition) is 1. The second-order valence-electron chi connectivity index (χ2n) is 2.46. The van der Waals surface area contributed by atoms with Crippen LogP contribution in [0, 0.1) is 0 Å². The van der Waals surface area contributed by atoms with E-state index in [0.717, 1.165) is 0 Å². The summed E-state index contributed by atoms with van der Waals surface area (Å²) in [7, 11) is 0. The van der Waals surface area contributed by atoms with Gasteiger partial charge in [0.05, 0.1) is 20.1 Å². The SMILES string of the molecule is O=C1N=c2c(Cl)c(Cl)c(Cl)c(Cl)c2=N1. The molecule has 0 unspecified atom stereocenters. The highest BCUT2D eigenvalue weighted by atomic mass is 35.5. The van der Waals surface area contributed by atoms with Crippen LogP contribution in [0.3, 0.4) is 0 Å². The number of urea groups is 1. The topological polar surface area (TPSA) is 41.8 Å². The molecule has 0 bridgehead atoms. The minimum absolute atomic E-state index is 0.0748. The summed E-state index contributed by atoms with van der Waals surface area (Å²) in [6, 6.07) is -0.665. The van der Waals surface area contributed by atoms with E-state index in [-0.39, 0.29) is 30.8 Å². The number of halogens is 4. The Morgan fingerprint density at radius 1 is 0.714 bits per heavy atom. The van der Waals surface area contributed by atoms with Crippen LogP contribution in [-0.2, 0) is 0 Å². The predicted molar refractivity (Wildman–Crippen MR) is 54.2 cm³/mol. The minimum Gasteiger partial charge on any atom is -0.244 e. The molecule has 1 aromatic carbocycles. The van der Waals surface area contributed by atoms with Crippen LogP contribution < -0.4 is 10.7 Å². The summed E-state index contributed by atoms with van der Waals surface area (Å²) in [6.07, 6.45) is 0. The van der Waals surface area contributed by atoms with Crippen molar-refractivity contribution in [2.24, 2.45) is 9.98 Å². The van der Waals surface area contributed by atoms with Crippen LogP contribution in [0.2, 0.25) is 20.1 Å². The first-order valence-electron chi connectivity index (χ1n) is 3.35. The molecule has 1 aromatic rings. The summed E-state index contributed by atoms with van der Waals surface area (Å²) < 4.78 is 0. The molecular weight excluding hydrogens is 270 g/mol. The zero-order valence-electron chi connectivity index (χ0n) is 6.31. The third kappa shape index (κ3) is 1.32. The van der Waals surface area contributed by atoms with Crippen LogP contribution in [0.1, 0.15) is 0 Å². The van der Waals surface area contributed by atoms with Gasteiger partial charge in [0.25, 0.3) is 0 Å². The van der Waals surface area contributed by atoms with Crippen molar-refractivity contribution in [3.8, 4) is 0 Å². The van der Waals surface area contributed by atoms with E-state index >= 15 is 0 Å². The Kier molecular flexibility index (Phi) is 2.43. The van der Waals surface area contributed by atoms with E-state index in [0.29, 0.717) is 0 Å². The number of hydrogen-bond donors (Lipinski definition) is 0. The first-order valence-corrected chi connectivity index (χ1v) is 4.87. The van der Waals surface area contributed by atoms with Gasteiger partial charge in [0.15, 0.2) is 0 Å². The second-order valence-corrected chi connectivity index (χ2v) is 3.97. The van der Waals surface area contributed by atoms with E-state index in [1.165, 1.54) is 0 Å². The lowest BCUT2D eigenvalue weighted by Crippen LogP contribution is -2.24. The lowest BCUT2D eigenvalue weighted by Gasteiger charge is -1.99. The van der Waals surface area contributed by atoms with E-state index in [1.54, 1.807) is 0 Å². The van der Waals surface area contributed by atoms with Crippen molar-refractivity contribution in [3.05, 3.63) is 30.8 Å². The van der Waals surface area contributed by atoms with Crippen LogP contribution in [-0.4, -0.2) is 6.03 Å². The van der Waals surface area contributed by atoms with Gasteiger partial charge in [0.1, 0.15) is 10.7 Å². The standard InChI is InChI=1S/C7Cl4N2O/c8-1-2(9)4(11)6-5(3(1)10)12-7(14)13-6. The molecule has 72 valence electrons. The molecule has 1 aliphatic heterocycles. The van der Waals surface area contributed by atoms with Crippen molar-refractivity contribution in [1.82, 2.24) is 0 Å². The number of benzene rings is 1. The third-order valence-corrected chi connectivity index (χ3v) is 3.42. The number of fused-ring (bicyclic) bond motifs is 1. The Hall–Kier alpha value is -0.350. The van der Waals surface area contributed by atoms with Gasteiger partial charge in [0.2, 0.25) is 0 Å². The van der Waals surface area contributed by atoms with Gasteiger partial charge in [0, 0.05) is 0 Å². The van der Waals surface area contributed by atoms with Gasteiger partial charge < -0.3 is 0 Å². The minimum atomic E-state index is -0.665. The summed E-state index contributed by atoms with van der Waals surface area (Å²) in [4.78, 5) is 18.0. The van der Waals surface area contributed by atoms with Crippen LogP contribution in [0.25, 0.3) is 0 Å².